The summed E-state index contributed by atoms with van der Waals surface area (Å²) in [5.41, 5.74) is 1.38. The maximum absolute atomic E-state index is 9.71. The molecule has 1 rings (SSSR count). The van der Waals surface area contributed by atoms with Gasteiger partial charge in [0.2, 0.25) is 0 Å². The van der Waals surface area contributed by atoms with Crippen molar-refractivity contribution in [1.82, 2.24) is 0 Å². The second-order valence-electron chi connectivity index (χ2n) is 3.16. The van der Waals surface area contributed by atoms with Crippen LogP contribution < -0.4 is 0 Å². The van der Waals surface area contributed by atoms with E-state index in [9.17, 15) is 5.11 Å². The minimum Gasteiger partial charge on any atom is -0.388 e. The Balaban J connectivity index is 2.95. The predicted molar refractivity (Wildman–Crippen MR) is 58.7 cm³/mol. The SMILES string of the molecule is CCC[C@@H](O)c1ccc(Br)c(C#N)c1. The van der Waals surface area contributed by atoms with Crippen LogP contribution >= 0.6 is 15.9 Å². The Kier molecular flexibility index (Phi) is 4.12. The minimum absolute atomic E-state index is 0.458. The molecule has 1 aromatic rings. The van der Waals surface area contributed by atoms with Gasteiger partial charge in [0.05, 0.1) is 11.7 Å². The molecule has 1 N–H and O–H groups in total. The van der Waals surface area contributed by atoms with Crippen molar-refractivity contribution in [2.75, 3.05) is 0 Å². The van der Waals surface area contributed by atoms with Crippen LogP contribution in [0.5, 0.6) is 0 Å². The standard InChI is InChI=1S/C11H12BrNO/c1-2-3-11(14)8-4-5-10(12)9(6-8)7-13/h4-6,11,14H,2-3H2,1H3/t11-/m1/s1. The Bertz CT molecular complexity index is 357. The van der Waals surface area contributed by atoms with Gasteiger partial charge in [-0.25, -0.2) is 0 Å². The van der Waals surface area contributed by atoms with E-state index in [1.165, 1.54) is 0 Å². The molecule has 0 amide bonds. The predicted octanol–water partition coefficient (Wildman–Crippen LogP) is 3.15. The third kappa shape index (κ3) is 2.57. The maximum Gasteiger partial charge on any atom is 0.100 e. The number of benzene rings is 1. The number of hydrogen-bond acceptors (Lipinski definition) is 2. The summed E-state index contributed by atoms with van der Waals surface area (Å²) in [6.07, 6.45) is 1.20. The van der Waals surface area contributed by atoms with Crippen LogP contribution in [-0.4, -0.2) is 5.11 Å². The van der Waals surface area contributed by atoms with Crippen LogP contribution in [0.2, 0.25) is 0 Å². The third-order valence-corrected chi connectivity index (χ3v) is 2.75. The van der Waals surface area contributed by atoms with Crippen molar-refractivity contribution in [3.63, 3.8) is 0 Å². The Labute approximate surface area is 92.3 Å². The molecule has 0 saturated heterocycles. The first-order chi connectivity index (χ1) is 6.69. The van der Waals surface area contributed by atoms with Gasteiger partial charge in [-0.15, -0.1) is 0 Å². The monoisotopic (exact) mass is 253 g/mol. The fraction of sp³-hybridized carbons (Fsp3) is 0.364. The van der Waals surface area contributed by atoms with Crippen molar-refractivity contribution in [3.05, 3.63) is 33.8 Å². The molecule has 0 radical (unpaired) electrons. The molecule has 0 bridgehead atoms. The zero-order chi connectivity index (χ0) is 10.6. The van der Waals surface area contributed by atoms with Gasteiger partial charge < -0.3 is 5.11 Å². The molecule has 3 heteroatoms. The minimum atomic E-state index is -0.458. The van der Waals surface area contributed by atoms with Gasteiger partial charge in [0.1, 0.15) is 6.07 Å². The summed E-state index contributed by atoms with van der Waals surface area (Å²) < 4.78 is 0.771. The zero-order valence-corrected chi connectivity index (χ0v) is 9.58. The molecule has 1 atom stereocenters. The molecule has 2 nitrogen and oxygen atoms in total. The molecule has 14 heavy (non-hydrogen) atoms. The topological polar surface area (TPSA) is 44.0 Å². The lowest BCUT2D eigenvalue weighted by Crippen LogP contribution is -1.97. The molecule has 0 aliphatic carbocycles. The van der Waals surface area contributed by atoms with E-state index in [0.717, 1.165) is 22.9 Å². The second-order valence-corrected chi connectivity index (χ2v) is 4.01. The van der Waals surface area contributed by atoms with E-state index in [1.807, 2.05) is 13.0 Å². The van der Waals surface area contributed by atoms with Crippen molar-refractivity contribution in [2.45, 2.75) is 25.9 Å². The summed E-state index contributed by atoms with van der Waals surface area (Å²) in [5, 5.41) is 18.5. The van der Waals surface area contributed by atoms with E-state index in [-0.39, 0.29) is 0 Å². The van der Waals surface area contributed by atoms with Crippen LogP contribution in [0.25, 0.3) is 0 Å². The van der Waals surface area contributed by atoms with Gasteiger partial charge in [-0.2, -0.15) is 5.26 Å². The van der Waals surface area contributed by atoms with Gasteiger partial charge in [-0.1, -0.05) is 19.4 Å². The van der Waals surface area contributed by atoms with Gasteiger partial charge in [0.15, 0.2) is 0 Å². The average Bonchev–Trinajstić information content (AvgIpc) is 2.19. The highest BCUT2D eigenvalue weighted by Crippen LogP contribution is 2.23. The number of rotatable bonds is 3. The van der Waals surface area contributed by atoms with Gasteiger partial charge in [-0.3, -0.25) is 0 Å². The summed E-state index contributed by atoms with van der Waals surface area (Å²) in [4.78, 5) is 0. The highest BCUT2D eigenvalue weighted by atomic mass is 79.9. The van der Waals surface area contributed by atoms with Crippen molar-refractivity contribution in [3.8, 4) is 6.07 Å². The molecule has 74 valence electrons. The summed E-state index contributed by atoms with van der Waals surface area (Å²) >= 11 is 3.27. The van der Waals surface area contributed by atoms with E-state index in [4.69, 9.17) is 5.26 Å². The molecule has 0 unspecified atom stereocenters. The number of nitrogens with zero attached hydrogens (tertiary/aromatic N) is 1. The lowest BCUT2D eigenvalue weighted by atomic mass is 10.0. The first kappa shape index (κ1) is 11.2. The third-order valence-electron chi connectivity index (χ3n) is 2.06. The van der Waals surface area contributed by atoms with Crippen LogP contribution in [0.15, 0.2) is 22.7 Å². The van der Waals surface area contributed by atoms with Gasteiger partial charge >= 0.3 is 0 Å². The van der Waals surface area contributed by atoms with Crippen LogP contribution in [-0.2, 0) is 0 Å². The fourth-order valence-electron chi connectivity index (χ4n) is 1.28. The number of aliphatic hydroxyl groups excluding tert-OH is 1. The molecule has 0 spiro atoms. The lowest BCUT2D eigenvalue weighted by Gasteiger charge is -2.09. The summed E-state index contributed by atoms with van der Waals surface area (Å²) in [5.74, 6) is 0. The lowest BCUT2D eigenvalue weighted by molar-refractivity contribution is 0.166. The van der Waals surface area contributed by atoms with Crippen molar-refractivity contribution < 1.29 is 5.11 Å². The number of hydrogen-bond donors (Lipinski definition) is 1. The molecule has 0 heterocycles. The highest BCUT2D eigenvalue weighted by Gasteiger charge is 2.08. The number of halogens is 1. The molecule has 0 aliphatic heterocycles. The normalized spacial score (nSPS) is 12.1. The zero-order valence-electron chi connectivity index (χ0n) is 8.00. The molecule has 0 aromatic heterocycles. The average molecular weight is 254 g/mol. The molecule has 1 aromatic carbocycles. The first-order valence-corrected chi connectivity index (χ1v) is 5.36. The van der Waals surface area contributed by atoms with Crippen LogP contribution in [0.3, 0.4) is 0 Å². The number of nitriles is 1. The van der Waals surface area contributed by atoms with Crippen molar-refractivity contribution in [2.24, 2.45) is 0 Å². The fourth-order valence-corrected chi connectivity index (χ4v) is 1.61. The quantitative estimate of drug-likeness (QED) is 0.900. The first-order valence-electron chi connectivity index (χ1n) is 4.56. The van der Waals surface area contributed by atoms with Crippen LogP contribution in [0.4, 0.5) is 0 Å². The van der Waals surface area contributed by atoms with Gasteiger partial charge in [0, 0.05) is 4.47 Å². The smallest absolute Gasteiger partial charge is 0.100 e. The van der Waals surface area contributed by atoms with Crippen molar-refractivity contribution >= 4 is 15.9 Å². The van der Waals surface area contributed by atoms with Gasteiger partial charge in [0.25, 0.3) is 0 Å². The molecule has 0 saturated carbocycles. The Morgan fingerprint density at radius 2 is 2.29 bits per heavy atom. The largest absolute Gasteiger partial charge is 0.388 e. The molecule has 0 aliphatic rings. The Morgan fingerprint density at radius 3 is 2.86 bits per heavy atom. The summed E-state index contributed by atoms with van der Waals surface area (Å²) in [7, 11) is 0. The van der Waals surface area contributed by atoms with Gasteiger partial charge in [-0.05, 0) is 40.0 Å². The number of aliphatic hydroxyl groups is 1. The summed E-state index contributed by atoms with van der Waals surface area (Å²) in [6, 6.07) is 7.44. The summed E-state index contributed by atoms with van der Waals surface area (Å²) in [6.45, 7) is 2.02. The van der Waals surface area contributed by atoms with E-state index in [2.05, 4.69) is 22.0 Å². The van der Waals surface area contributed by atoms with Crippen LogP contribution in [0, 0.1) is 11.3 Å². The van der Waals surface area contributed by atoms with E-state index < -0.39 is 6.10 Å². The molecular formula is C11H12BrNO. The van der Waals surface area contributed by atoms with E-state index >= 15 is 0 Å². The molecular weight excluding hydrogens is 242 g/mol. The maximum atomic E-state index is 9.71. The van der Waals surface area contributed by atoms with E-state index in [0.29, 0.717) is 5.56 Å². The molecule has 0 fully saturated rings. The highest BCUT2D eigenvalue weighted by molar-refractivity contribution is 9.10. The van der Waals surface area contributed by atoms with E-state index in [1.54, 1.807) is 12.1 Å². The van der Waals surface area contributed by atoms with Crippen LogP contribution in [0.1, 0.15) is 37.0 Å². The van der Waals surface area contributed by atoms with Crippen molar-refractivity contribution in [1.29, 1.82) is 5.26 Å². The Hall–Kier alpha value is -0.850. The second kappa shape index (κ2) is 5.14. The Morgan fingerprint density at radius 1 is 1.57 bits per heavy atom.